The summed E-state index contributed by atoms with van der Waals surface area (Å²) < 4.78 is 13.2. The third-order valence-electron chi connectivity index (χ3n) is 3.29. The van der Waals surface area contributed by atoms with Crippen LogP contribution in [0.4, 0.5) is 10.1 Å². The number of carbonyl (C=O) groups excluding carboxylic acids is 1. The fourth-order valence-electron chi connectivity index (χ4n) is 2.20. The van der Waals surface area contributed by atoms with Gasteiger partial charge < -0.3 is 15.7 Å². The van der Waals surface area contributed by atoms with E-state index in [0.29, 0.717) is 29.8 Å². The minimum atomic E-state index is -0.780. The molecule has 0 atom stereocenters. The summed E-state index contributed by atoms with van der Waals surface area (Å²) in [6, 6.07) is 2.77. The van der Waals surface area contributed by atoms with E-state index in [1.165, 1.54) is 12.1 Å². The molecule has 1 aromatic carbocycles. The number of rotatable bonds is 9. The van der Waals surface area contributed by atoms with Crippen LogP contribution in [-0.2, 0) is 9.59 Å². The number of hydrogen-bond donors (Lipinski definition) is 3. The van der Waals surface area contributed by atoms with E-state index in [4.69, 9.17) is 5.11 Å². The largest absolute Gasteiger partial charge is 0.481 e. The lowest BCUT2D eigenvalue weighted by molar-refractivity contribution is -0.137. The summed E-state index contributed by atoms with van der Waals surface area (Å²) in [6.07, 6.45) is 2.48. The average molecular weight is 310 g/mol. The van der Waals surface area contributed by atoms with E-state index in [9.17, 15) is 14.0 Å². The molecule has 0 radical (unpaired) electrons. The van der Waals surface area contributed by atoms with Crippen molar-refractivity contribution < 1.29 is 19.1 Å². The summed E-state index contributed by atoms with van der Waals surface area (Å²) in [5, 5.41) is 14.3. The summed E-state index contributed by atoms with van der Waals surface area (Å²) in [5.74, 6) is -1.27. The molecular weight excluding hydrogens is 287 g/mol. The molecule has 0 aliphatic heterocycles. The number of amides is 1. The highest BCUT2D eigenvalue weighted by molar-refractivity contribution is 5.93. The van der Waals surface area contributed by atoms with Gasteiger partial charge in [0.25, 0.3) is 0 Å². The summed E-state index contributed by atoms with van der Waals surface area (Å²) in [4.78, 5) is 22.2. The topological polar surface area (TPSA) is 78.4 Å². The molecule has 5 nitrogen and oxygen atoms in total. The molecule has 3 N–H and O–H groups in total. The van der Waals surface area contributed by atoms with Gasteiger partial charge in [-0.1, -0.05) is 6.42 Å². The van der Waals surface area contributed by atoms with Gasteiger partial charge in [-0.25, -0.2) is 4.39 Å². The van der Waals surface area contributed by atoms with Gasteiger partial charge in [-0.15, -0.1) is 0 Å². The van der Waals surface area contributed by atoms with Crippen LogP contribution in [0.15, 0.2) is 12.1 Å². The van der Waals surface area contributed by atoms with Crippen LogP contribution in [0.25, 0.3) is 0 Å². The van der Waals surface area contributed by atoms with Gasteiger partial charge >= 0.3 is 5.97 Å². The molecule has 22 heavy (non-hydrogen) atoms. The first-order chi connectivity index (χ1) is 10.4. The first-order valence-electron chi connectivity index (χ1n) is 7.39. The van der Waals surface area contributed by atoms with E-state index in [-0.39, 0.29) is 24.7 Å². The molecular formula is C16H23FN2O3. The van der Waals surface area contributed by atoms with Gasteiger partial charge in [-0.05, 0) is 56.5 Å². The Morgan fingerprint density at radius 2 is 1.77 bits per heavy atom. The Hall–Kier alpha value is -1.95. The van der Waals surface area contributed by atoms with Gasteiger partial charge in [-0.3, -0.25) is 9.59 Å². The minimum Gasteiger partial charge on any atom is -0.481 e. The number of aliphatic carboxylic acids is 1. The lowest BCUT2D eigenvalue weighted by Crippen LogP contribution is -2.29. The van der Waals surface area contributed by atoms with Crippen LogP contribution in [0, 0.1) is 19.7 Å². The number of carboxylic acids is 1. The highest BCUT2D eigenvalue weighted by Gasteiger charge is 2.08. The SMILES string of the molecule is Cc1cc(F)cc(C)c1NC(=O)CNCCCCCC(=O)O. The van der Waals surface area contributed by atoms with E-state index in [1.54, 1.807) is 13.8 Å². The number of aryl methyl sites for hydroxylation is 2. The zero-order valence-corrected chi connectivity index (χ0v) is 13.0. The molecule has 0 aromatic heterocycles. The standard InChI is InChI=1S/C16H23FN2O3/c1-11-8-13(17)9-12(2)16(11)19-14(20)10-18-7-5-3-4-6-15(21)22/h8-9,18H,3-7,10H2,1-2H3,(H,19,20)(H,21,22). The molecule has 1 rings (SSSR count). The fourth-order valence-corrected chi connectivity index (χ4v) is 2.20. The van der Waals surface area contributed by atoms with Crippen molar-refractivity contribution in [1.29, 1.82) is 0 Å². The molecule has 1 amide bonds. The van der Waals surface area contributed by atoms with Gasteiger partial charge in [0.1, 0.15) is 5.82 Å². The van der Waals surface area contributed by atoms with E-state index < -0.39 is 5.97 Å². The average Bonchev–Trinajstić information content (AvgIpc) is 2.41. The predicted octanol–water partition coefficient (Wildman–Crippen LogP) is 2.62. The van der Waals surface area contributed by atoms with Crippen molar-refractivity contribution in [3.05, 3.63) is 29.1 Å². The Kier molecular flexibility index (Phi) is 7.52. The lowest BCUT2D eigenvalue weighted by atomic mass is 10.1. The summed E-state index contributed by atoms with van der Waals surface area (Å²) >= 11 is 0. The van der Waals surface area contributed by atoms with Crippen LogP contribution in [0.2, 0.25) is 0 Å². The fraction of sp³-hybridized carbons (Fsp3) is 0.500. The number of benzene rings is 1. The van der Waals surface area contributed by atoms with Crippen LogP contribution < -0.4 is 10.6 Å². The normalized spacial score (nSPS) is 10.5. The number of carboxylic acid groups (broad SMARTS) is 1. The van der Waals surface area contributed by atoms with Crippen LogP contribution in [0.3, 0.4) is 0 Å². The smallest absolute Gasteiger partial charge is 0.303 e. The van der Waals surface area contributed by atoms with Crippen molar-refractivity contribution in [3.63, 3.8) is 0 Å². The summed E-state index contributed by atoms with van der Waals surface area (Å²) in [7, 11) is 0. The zero-order chi connectivity index (χ0) is 16.5. The molecule has 0 spiro atoms. The molecule has 0 saturated heterocycles. The molecule has 0 aliphatic rings. The second-order valence-corrected chi connectivity index (χ2v) is 5.34. The first-order valence-corrected chi connectivity index (χ1v) is 7.39. The molecule has 0 saturated carbocycles. The molecule has 1 aromatic rings. The number of anilines is 1. The second kappa shape index (κ2) is 9.15. The van der Waals surface area contributed by atoms with Gasteiger partial charge in [0.05, 0.1) is 6.54 Å². The Bertz CT molecular complexity index is 509. The number of halogens is 1. The van der Waals surface area contributed by atoms with Crippen molar-refractivity contribution >= 4 is 17.6 Å². The molecule has 0 heterocycles. The molecule has 6 heteroatoms. The van der Waals surface area contributed by atoms with E-state index in [2.05, 4.69) is 10.6 Å². The van der Waals surface area contributed by atoms with Crippen molar-refractivity contribution in [2.75, 3.05) is 18.4 Å². The Labute approximate surface area is 129 Å². The summed E-state index contributed by atoms with van der Waals surface area (Å²) in [6.45, 7) is 4.34. The maximum Gasteiger partial charge on any atom is 0.303 e. The van der Waals surface area contributed by atoms with Crippen LogP contribution in [0.1, 0.15) is 36.8 Å². The van der Waals surface area contributed by atoms with E-state index >= 15 is 0 Å². The minimum absolute atomic E-state index is 0.176. The number of hydrogen-bond acceptors (Lipinski definition) is 3. The van der Waals surface area contributed by atoms with Crippen molar-refractivity contribution in [2.24, 2.45) is 0 Å². The highest BCUT2D eigenvalue weighted by Crippen LogP contribution is 2.21. The maximum atomic E-state index is 13.2. The molecule has 0 aliphatic carbocycles. The predicted molar refractivity (Wildman–Crippen MR) is 83.5 cm³/mol. The lowest BCUT2D eigenvalue weighted by Gasteiger charge is -2.12. The molecule has 0 fully saturated rings. The molecule has 122 valence electrons. The van der Waals surface area contributed by atoms with E-state index in [1.807, 2.05) is 0 Å². The Morgan fingerprint density at radius 3 is 2.36 bits per heavy atom. The third kappa shape index (κ3) is 6.67. The van der Waals surface area contributed by atoms with Gasteiger partial charge in [0.2, 0.25) is 5.91 Å². The number of nitrogens with one attached hydrogen (secondary N) is 2. The third-order valence-corrected chi connectivity index (χ3v) is 3.29. The molecule has 0 bridgehead atoms. The van der Waals surface area contributed by atoms with E-state index in [0.717, 1.165) is 12.8 Å². The van der Waals surface area contributed by atoms with Gasteiger partial charge in [0, 0.05) is 12.1 Å². The second-order valence-electron chi connectivity index (χ2n) is 5.34. The first kappa shape index (κ1) is 18.1. The van der Waals surface area contributed by atoms with Crippen molar-refractivity contribution in [2.45, 2.75) is 39.5 Å². The van der Waals surface area contributed by atoms with Gasteiger partial charge in [0.15, 0.2) is 0 Å². The van der Waals surface area contributed by atoms with Crippen LogP contribution >= 0.6 is 0 Å². The van der Waals surface area contributed by atoms with Gasteiger partial charge in [-0.2, -0.15) is 0 Å². The number of carbonyl (C=O) groups is 2. The van der Waals surface area contributed by atoms with Crippen molar-refractivity contribution in [1.82, 2.24) is 5.32 Å². The summed E-state index contributed by atoms with van der Waals surface area (Å²) in [5.41, 5.74) is 2.04. The zero-order valence-electron chi connectivity index (χ0n) is 13.0. The Morgan fingerprint density at radius 1 is 1.14 bits per heavy atom. The Balaban J connectivity index is 2.26. The number of unbranched alkanes of at least 4 members (excludes halogenated alkanes) is 2. The van der Waals surface area contributed by atoms with Crippen LogP contribution in [-0.4, -0.2) is 30.1 Å². The van der Waals surface area contributed by atoms with Crippen LogP contribution in [0.5, 0.6) is 0 Å². The monoisotopic (exact) mass is 310 g/mol. The van der Waals surface area contributed by atoms with Crippen molar-refractivity contribution in [3.8, 4) is 0 Å². The quantitative estimate of drug-likeness (QED) is 0.613. The molecule has 0 unspecified atom stereocenters. The maximum absolute atomic E-state index is 13.2. The highest BCUT2D eigenvalue weighted by atomic mass is 19.1.